The largest absolute Gasteiger partial charge is 0.361 e. The Labute approximate surface area is 184 Å². The van der Waals surface area contributed by atoms with Gasteiger partial charge in [0, 0.05) is 55.7 Å². The quantitative estimate of drug-likeness (QED) is 0.558. The van der Waals surface area contributed by atoms with Gasteiger partial charge in [-0.1, -0.05) is 48.5 Å². The monoisotopic (exact) mass is 434 g/mol. The Morgan fingerprint density at radius 1 is 1.00 bits per heavy atom. The highest BCUT2D eigenvalue weighted by Crippen LogP contribution is 2.30. The highest BCUT2D eigenvalue weighted by Gasteiger charge is 2.20. The topological polar surface area (TPSA) is 60.2 Å². The number of halogens is 2. The number of hydrogen-bond acceptors (Lipinski definition) is 3. The fraction of sp³-hybridized carbons (Fsp3) is 0.318. The van der Waals surface area contributed by atoms with Crippen LogP contribution in [0.25, 0.3) is 10.9 Å². The Morgan fingerprint density at radius 3 is 2.45 bits per heavy atom. The summed E-state index contributed by atoms with van der Waals surface area (Å²) in [4.78, 5) is 18.1. The third kappa shape index (κ3) is 5.73. The van der Waals surface area contributed by atoms with Gasteiger partial charge in [-0.25, -0.2) is 0 Å². The fourth-order valence-electron chi connectivity index (χ4n) is 3.82. The van der Waals surface area contributed by atoms with E-state index in [4.69, 9.17) is 0 Å². The van der Waals surface area contributed by atoms with Gasteiger partial charge in [-0.15, -0.1) is 24.8 Å². The summed E-state index contributed by atoms with van der Waals surface area (Å²) in [5.41, 5.74) is 3.56. The smallest absolute Gasteiger partial charge is 0.234 e. The molecule has 0 radical (unpaired) electrons. The summed E-state index contributed by atoms with van der Waals surface area (Å²) in [6, 6.07) is 18.7. The van der Waals surface area contributed by atoms with Crippen molar-refractivity contribution in [2.75, 3.05) is 39.3 Å². The van der Waals surface area contributed by atoms with E-state index in [0.717, 1.165) is 31.7 Å². The summed E-state index contributed by atoms with van der Waals surface area (Å²) < 4.78 is 0. The molecule has 29 heavy (non-hydrogen) atoms. The maximum Gasteiger partial charge on any atom is 0.234 e. The molecule has 1 aliphatic heterocycles. The number of amides is 1. The van der Waals surface area contributed by atoms with Gasteiger partial charge in [0.05, 0.1) is 6.54 Å². The molecule has 1 aromatic heterocycles. The first-order chi connectivity index (χ1) is 13.3. The number of aromatic amines is 1. The number of para-hydroxylation sites is 1. The molecule has 7 heteroatoms. The summed E-state index contributed by atoms with van der Waals surface area (Å²) in [6.45, 7) is 4.83. The Hall–Kier alpha value is -2.05. The van der Waals surface area contributed by atoms with Crippen LogP contribution in [0.3, 0.4) is 0 Å². The molecule has 1 unspecified atom stereocenters. The zero-order valence-corrected chi connectivity index (χ0v) is 17.9. The Morgan fingerprint density at radius 2 is 1.69 bits per heavy atom. The van der Waals surface area contributed by atoms with Crippen LogP contribution in [0.5, 0.6) is 0 Å². The van der Waals surface area contributed by atoms with E-state index in [-0.39, 0.29) is 36.6 Å². The molecule has 2 heterocycles. The van der Waals surface area contributed by atoms with E-state index in [1.54, 1.807) is 0 Å². The molecule has 2 aromatic carbocycles. The lowest BCUT2D eigenvalue weighted by molar-refractivity contribution is -0.122. The predicted molar refractivity (Wildman–Crippen MR) is 123 cm³/mol. The zero-order valence-electron chi connectivity index (χ0n) is 16.3. The van der Waals surface area contributed by atoms with Crippen molar-refractivity contribution in [3.8, 4) is 0 Å². The average molecular weight is 435 g/mol. The minimum atomic E-state index is 0. The molecule has 4 rings (SSSR count). The molecule has 1 fully saturated rings. The van der Waals surface area contributed by atoms with Crippen LogP contribution < -0.4 is 10.6 Å². The molecule has 3 aromatic rings. The van der Waals surface area contributed by atoms with Crippen molar-refractivity contribution < 1.29 is 4.79 Å². The highest BCUT2D eigenvalue weighted by atomic mass is 35.5. The van der Waals surface area contributed by atoms with Gasteiger partial charge in [0.1, 0.15) is 0 Å². The number of nitrogens with zero attached hydrogens (tertiary/aromatic N) is 1. The molecular formula is C22H28Cl2N4O. The molecule has 1 aliphatic rings. The maximum atomic E-state index is 12.5. The van der Waals surface area contributed by atoms with Gasteiger partial charge in [0.25, 0.3) is 0 Å². The molecular weight excluding hydrogens is 407 g/mol. The van der Waals surface area contributed by atoms with Crippen LogP contribution in [-0.2, 0) is 4.79 Å². The summed E-state index contributed by atoms with van der Waals surface area (Å²) in [7, 11) is 0. The maximum absolute atomic E-state index is 12.5. The summed E-state index contributed by atoms with van der Waals surface area (Å²) in [5.74, 6) is 0.215. The minimum Gasteiger partial charge on any atom is -0.361 e. The lowest BCUT2D eigenvalue weighted by Gasteiger charge is -2.27. The molecule has 1 atom stereocenters. The lowest BCUT2D eigenvalue weighted by atomic mass is 9.91. The second-order valence-electron chi connectivity index (χ2n) is 7.08. The SMILES string of the molecule is Cl.Cl.O=C(CN1CCNCC1)NCC(c1ccccc1)c1c[nH]c2ccccc12. The summed E-state index contributed by atoms with van der Waals surface area (Å²) in [6.07, 6.45) is 2.07. The number of carbonyl (C=O) groups is 1. The van der Waals surface area contributed by atoms with Crippen molar-refractivity contribution >= 4 is 41.6 Å². The van der Waals surface area contributed by atoms with E-state index in [1.807, 2.05) is 12.1 Å². The molecule has 0 saturated carbocycles. The van der Waals surface area contributed by atoms with Gasteiger partial charge >= 0.3 is 0 Å². The van der Waals surface area contributed by atoms with Crippen LogP contribution in [0.15, 0.2) is 60.8 Å². The summed E-state index contributed by atoms with van der Waals surface area (Å²) >= 11 is 0. The fourth-order valence-corrected chi connectivity index (χ4v) is 3.82. The molecule has 0 bridgehead atoms. The van der Waals surface area contributed by atoms with Crippen molar-refractivity contribution in [3.63, 3.8) is 0 Å². The average Bonchev–Trinajstić information content (AvgIpc) is 3.14. The van der Waals surface area contributed by atoms with E-state index in [0.29, 0.717) is 13.1 Å². The van der Waals surface area contributed by atoms with Gasteiger partial charge in [-0.3, -0.25) is 9.69 Å². The summed E-state index contributed by atoms with van der Waals surface area (Å²) in [5, 5.41) is 7.70. The molecule has 5 nitrogen and oxygen atoms in total. The number of rotatable bonds is 6. The number of carbonyl (C=O) groups excluding carboxylic acids is 1. The van der Waals surface area contributed by atoms with Crippen LogP contribution in [0, 0.1) is 0 Å². The van der Waals surface area contributed by atoms with E-state index < -0.39 is 0 Å². The number of fused-ring (bicyclic) bond motifs is 1. The van der Waals surface area contributed by atoms with Crippen molar-refractivity contribution in [2.45, 2.75) is 5.92 Å². The van der Waals surface area contributed by atoms with E-state index in [2.05, 4.69) is 69.2 Å². The van der Waals surface area contributed by atoms with Gasteiger partial charge in [0.2, 0.25) is 5.91 Å². The number of piperazine rings is 1. The van der Waals surface area contributed by atoms with E-state index in [1.165, 1.54) is 16.5 Å². The van der Waals surface area contributed by atoms with Gasteiger partial charge < -0.3 is 15.6 Å². The van der Waals surface area contributed by atoms with Crippen molar-refractivity contribution in [2.24, 2.45) is 0 Å². The predicted octanol–water partition coefficient (Wildman–Crippen LogP) is 3.16. The second kappa shape index (κ2) is 11.2. The van der Waals surface area contributed by atoms with Crippen molar-refractivity contribution in [1.29, 1.82) is 0 Å². The first-order valence-corrected chi connectivity index (χ1v) is 9.62. The number of H-pyrrole nitrogens is 1. The standard InChI is InChI=1S/C22H26N4O.2ClH/c27-22(16-26-12-10-23-11-13-26)25-14-19(17-6-2-1-3-7-17)20-15-24-21-9-5-4-8-18(20)21;;/h1-9,15,19,23-24H,10-14,16H2,(H,25,27);2*1H. The molecule has 156 valence electrons. The zero-order chi connectivity index (χ0) is 18.5. The first-order valence-electron chi connectivity index (χ1n) is 9.62. The van der Waals surface area contributed by atoms with Gasteiger partial charge in [-0.05, 0) is 17.2 Å². The lowest BCUT2D eigenvalue weighted by Crippen LogP contribution is -2.47. The first kappa shape index (κ1) is 23.2. The van der Waals surface area contributed by atoms with Gasteiger partial charge in [-0.2, -0.15) is 0 Å². The molecule has 0 spiro atoms. The van der Waals surface area contributed by atoms with Crippen LogP contribution in [0.4, 0.5) is 0 Å². The minimum absolute atomic E-state index is 0. The Bertz CT molecular complexity index is 894. The third-order valence-corrected chi connectivity index (χ3v) is 5.28. The molecule has 3 N–H and O–H groups in total. The number of aromatic nitrogens is 1. The number of hydrogen-bond donors (Lipinski definition) is 3. The van der Waals surface area contributed by atoms with Crippen molar-refractivity contribution in [3.05, 3.63) is 71.9 Å². The highest BCUT2D eigenvalue weighted by molar-refractivity contribution is 5.86. The third-order valence-electron chi connectivity index (χ3n) is 5.28. The van der Waals surface area contributed by atoms with Crippen LogP contribution in [0.1, 0.15) is 17.0 Å². The normalized spacial score (nSPS) is 15.2. The van der Waals surface area contributed by atoms with E-state index >= 15 is 0 Å². The van der Waals surface area contributed by atoms with E-state index in [9.17, 15) is 4.79 Å². The van der Waals surface area contributed by atoms with Crippen LogP contribution >= 0.6 is 24.8 Å². The van der Waals surface area contributed by atoms with Crippen molar-refractivity contribution in [1.82, 2.24) is 20.5 Å². The molecule has 1 amide bonds. The Kier molecular flexibility index (Phi) is 8.99. The second-order valence-corrected chi connectivity index (χ2v) is 7.08. The van der Waals surface area contributed by atoms with Gasteiger partial charge in [0.15, 0.2) is 0 Å². The number of nitrogens with one attached hydrogen (secondary N) is 3. The molecule has 0 aliphatic carbocycles. The number of benzene rings is 2. The molecule has 1 saturated heterocycles. The van der Waals surface area contributed by atoms with Crippen LogP contribution in [-0.4, -0.2) is 55.1 Å². The van der Waals surface area contributed by atoms with Crippen LogP contribution in [0.2, 0.25) is 0 Å². The Balaban J connectivity index is 0.00000150.